The van der Waals surface area contributed by atoms with Gasteiger partial charge in [-0.1, -0.05) is 6.07 Å². The van der Waals surface area contributed by atoms with Gasteiger partial charge in [0.1, 0.15) is 0 Å². The summed E-state index contributed by atoms with van der Waals surface area (Å²) in [5.41, 5.74) is 6.36. The van der Waals surface area contributed by atoms with Gasteiger partial charge in [0.25, 0.3) is 10.0 Å². The fourth-order valence-electron chi connectivity index (χ4n) is 3.31. The van der Waals surface area contributed by atoms with Crippen molar-refractivity contribution in [2.45, 2.75) is 42.9 Å². The van der Waals surface area contributed by atoms with E-state index >= 15 is 0 Å². The molecule has 2 saturated heterocycles. The molecule has 3 heterocycles. The number of pyridine rings is 1. The van der Waals surface area contributed by atoms with Crippen LogP contribution in [0.3, 0.4) is 0 Å². The zero-order chi connectivity index (χ0) is 15.0. The molecule has 0 amide bonds. The van der Waals surface area contributed by atoms with Crippen LogP contribution in [-0.4, -0.2) is 54.8 Å². The molecule has 7 heteroatoms. The molecule has 0 spiro atoms. The average molecular weight is 310 g/mol. The maximum Gasteiger partial charge on any atom is 0.260 e. The number of aromatic nitrogens is 1. The van der Waals surface area contributed by atoms with Gasteiger partial charge in [-0.2, -0.15) is 4.31 Å². The minimum Gasteiger partial charge on any atom is -0.326 e. The molecule has 2 fully saturated rings. The van der Waals surface area contributed by atoms with Crippen LogP contribution in [0.5, 0.6) is 0 Å². The lowest BCUT2D eigenvalue weighted by Crippen LogP contribution is -2.39. The van der Waals surface area contributed by atoms with Crippen molar-refractivity contribution in [1.29, 1.82) is 0 Å². The van der Waals surface area contributed by atoms with E-state index in [1.165, 1.54) is 6.42 Å². The zero-order valence-corrected chi connectivity index (χ0v) is 13.1. The Morgan fingerprint density at radius 2 is 2.05 bits per heavy atom. The molecule has 0 radical (unpaired) electrons. The fourth-order valence-corrected chi connectivity index (χ4v) is 4.72. The lowest BCUT2D eigenvalue weighted by molar-refractivity contribution is 0.246. The molecular formula is C14H22N4O2S. The van der Waals surface area contributed by atoms with E-state index < -0.39 is 10.0 Å². The Morgan fingerprint density at radius 3 is 2.71 bits per heavy atom. The Balaban J connectivity index is 1.84. The number of rotatable bonds is 3. The Kier molecular flexibility index (Phi) is 4.00. The van der Waals surface area contributed by atoms with Crippen molar-refractivity contribution in [2.24, 2.45) is 5.73 Å². The SMILES string of the molecule is CN1C2CCC1CN(S(=O)(=O)c1ccc(CN)cn1)CC2. The van der Waals surface area contributed by atoms with Gasteiger partial charge < -0.3 is 5.73 Å². The van der Waals surface area contributed by atoms with Crippen LogP contribution in [0.15, 0.2) is 23.4 Å². The molecule has 0 aromatic carbocycles. The number of hydrogen-bond acceptors (Lipinski definition) is 5. The summed E-state index contributed by atoms with van der Waals surface area (Å²) >= 11 is 0. The Bertz CT molecular complexity index is 602. The first-order valence-corrected chi connectivity index (χ1v) is 8.83. The van der Waals surface area contributed by atoms with Crippen LogP contribution in [-0.2, 0) is 16.6 Å². The minimum atomic E-state index is -3.50. The smallest absolute Gasteiger partial charge is 0.260 e. The molecule has 0 saturated carbocycles. The summed E-state index contributed by atoms with van der Waals surface area (Å²) in [6, 6.07) is 4.14. The summed E-state index contributed by atoms with van der Waals surface area (Å²) in [4.78, 5) is 6.42. The van der Waals surface area contributed by atoms with E-state index in [2.05, 4.69) is 16.9 Å². The summed E-state index contributed by atoms with van der Waals surface area (Å²) in [6.45, 7) is 1.51. The molecule has 3 rings (SSSR count). The number of likely N-dealkylation sites (N-methyl/N-ethyl adjacent to an activating group) is 1. The van der Waals surface area contributed by atoms with Gasteiger partial charge in [0.2, 0.25) is 0 Å². The fraction of sp³-hybridized carbons (Fsp3) is 0.643. The zero-order valence-electron chi connectivity index (χ0n) is 12.3. The normalized spacial score (nSPS) is 27.7. The predicted octanol–water partition coefficient (Wildman–Crippen LogP) is 0.398. The van der Waals surface area contributed by atoms with Crippen LogP contribution >= 0.6 is 0 Å². The first-order valence-electron chi connectivity index (χ1n) is 7.39. The molecule has 21 heavy (non-hydrogen) atoms. The van der Waals surface area contributed by atoms with Gasteiger partial charge in [0.15, 0.2) is 5.03 Å². The third kappa shape index (κ3) is 2.70. The molecule has 2 N–H and O–H groups in total. The van der Waals surface area contributed by atoms with Gasteiger partial charge in [0, 0.05) is 37.9 Å². The Hall–Kier alpha value is -1.02. The molecule has 2 aliphatic rings. The van der Waals surface area contributed by atoms with E-state index in [0.717, 1.165) is 18.4 Å². The maximum absolute atomic E-state index is 12.7. The number of nitrogens with two attached hydrogens (primary N) is 1. The van der Waals surface area contributed by atoms with Crippen molar-refractivity contribution in [2.75, 3.05) is 20.1 Å². The highest BCUT2D eigenvalue weighted by Crippen LogP contribution is 2.30. The van der Waals surface area contributed by atoms with Crippen molar-refractivity contribution < 1.29 is 8.42 Å². The van der Waals surface area contributed by atoms with E-state index in [1.807, 2.05) is 0 Å². The molecule has 2 aliphatic heterocycles. The molecule has 1 aromatic rings. The lowest BCUT2D eigenvalue weighted by atomic mass is 10.1. The van der Waals surface area contributed by atoms with Gasteiger partial charge in [-0.15, -0.1) is 0 Å². The van der Waals surface area contributed by atoms with Crippen LogP contribution in [0.1, 0.15) is 24.8 Å². The molecule has 6 nitrogen and oxygen atoms in total. The molecule has 0 aliphatic carbocycles. The largest absolute Gasteiger partial charge is 0.326 e. The van der Waals surface area contributed by atoms with Gasteiger partial charge in [-0.3, -0.25) is 4.90 Å². The highest BCUT2D eigenvalue weighted by Gasteiger charge is 2.38. The highest BCUT2D eigenvalue weighted by molar-refractivity contribution is 7.89. The van der Waals surface area contributed by atoms with E-state index in [4.69, 9.17) is 5.73 Å². The van der Waals surface area contributed by atoms with Crippen molar-refractivity contribution in [3.8, 4) is 0 Å². The predicted molar refractivity (Wildman–Crippen MR) is 80.1 cm³/mol. The molecule has 116 valence electrons. The van der Waals surface area contributed by atoms with Crippen LogP contribution in [0, 0.1) is 0 Å². The molecular weight excluding hydrogens is 288 g/mol. The van der Waals surface area contributed by atoms with Crippen LogP contribution < -0.4 is 5.73 Å². The van der Waals surface area contributed by atoms with Crippen molar-refractivity contribution in [1.82, 2.24) is 14.2 Å². The first kappa shape index (κ1) is 14.9. The number of sulfonamides is 1. The summed E-state index contributed by atoms with van der Waals surface area (Å²) < 4.78 is 27.1. The van der Waals surface area contributed by atoms with Gasteiger partial charge in [-0.05, 0) is 37.9 Å². The maximum atomic E-state index is 12.7. The van der Waals surface area contributed by atoms with Crippen molar-refractivity contribution >= 4 is 10.0 Å². The van der Waals surface area contributed by atoms with Crippen LogP contribution in [0.2, 0.25) is 0 Å². The summed E-state index contributed by atoms with van der Waals surface area (Å²) in [7, 11) is -1.40. The van der Waals surface area contributed by atoms with E-state index in [0.29, 0.717) is 31.7 Å². The summed E-state index contributed by atoms with van der Waals surface area (Å²) in [6.07, 6.45) is 4.70. The highest BCUT2D eigenvalue weighted by atomic mass is 32.2. The van der Waals surface area contributed by atoms with Crippen molar-refractivity contribution in [3.63, 3.8) is 0 Å². The second-order valence-corrected chi connectivity index (χ2v) is 7.80. The van der Waals surface area contributed by atoms with Crippen molar-refractivity contribution in [3.05, 3.63) is 23.9 Å². The molecule has 2 unspecified atom stereocenters. The van der Waals surface area contributed by atoms with Crippen LogP contribution in [0.25, 0.3) is 0 Å². The molecule has 1 aromatic heterocycles. The monoisotopic (exact) mass is 310 g/mol. The van der Waals surface area contributed by atoms with E-state index in [9.17, 15) is 8.42 Å². The second kappa shape index (κ2) is 5.64. The molecule has 2 bridgehead atoms. The van der Waals surface area contributed by atoms with Gasteiger partial charge in [-0.25, -0.2) is 13.4 Å². The number of hydrogen-bond donors (Lipinski definition) is 1. The number of nitrogens with zero attached hydrogens (tertiary/aromatic N) is 3. The Morgan fingerprint density at radius 1 is 1.29 bits per heavy atom. The summed E-state index contributed by atoms with van der Waals surface area (Å²) in [5, 5.41) is 0.125. The second-order valence-electron chi connectivity index (χ2n) is 5.91. The van der Waals surface area contributed by atoms with E-state index in [1.54, 1.807) is 22.6 Å². The minimum absolute atomic E-state index is 0.125. The average Bonchev–Trinajstić information content (AvgIpc) is 2.71. The van der Waals surface area contributed by atoms with Gasteiger partial charge in [0.05, 0.1) is 0 Å². The first-order chi connectivity index (χ1) is 10.0. The van der Waals surface area contributed by atoms with Gasteiger partial charge >= 0.3 is 0 Å². The number of fused-ring (bicyclic) bond motifs is 2. The van der Waals surface area contributed by atoms with E-state index in [-0.39, 0.29) is 5.03 Å². The lowest BCUT2D eigenvalue weighted by Gasteiger charge is -2.24. The summed E-state index contributed by atoms with van der Waals surface area (Å²) in [5.74, 6) is 0. The molecule has 2 atom stereocenters. The quantitative estimate of drug-likeness (QED) is 0.874. The standard InChI is InChI=1S/C14H22N4O2S/c1-17-12-3-4-13(17)10-18(7-6-12)21(19,20)14-5-2-11(8-15)9-16-14/h2,5,9,12-13H,3-4,6-8,10,15H2,1H3. The van der Waals surface area contributed by atoms with Crippen LogP contribution in [0.4, 0.5) is 0 Å². The topological polar surface area (TPSA) is 79.5 Å². The third-order valence-corrected chi connectivity index (χ3v) is 6.53. The third-order valence-electron chi connectivity index (χ3n) is 4.75. The Labute approximate surface area is 126 Å².